The number of halogens is 1. The van der Waals surface area contributed by atoms with Gasteiger partial charge in [0.25, 0.3) is 0 Å². The van der Waals surface area contributed by atoms with E-state index < -0.39 is 0 Å². The highest BCUT2D eigenvalue weighted by Crippen LogP contribution is 2.26. The number of aryl methyl sites for hydroxylation is 1. The summed E-state index contributed by atoms with van der Waals surface area (Å²) in [7, 11) is 0. The van der Waals surface area contributed by atoms with Crippen LogP contribution in [0.5, 0.6) is 5.75 Å². The van der Waals surface area contributed by atoms with Crippen LogP contribution in [0.2, 0.25) is 0 Å². The maximum absolute atomic E-state index is 5.75. The van der Waals surface area contributed by atoms with Crippen molar-refractivity contribution in [1.82, 2.24) is 0 Å². The normalized spacial score (nSPS) is 12.5. The van der Waals surface area contributed by atoms with E-state index in [1.165, 1.54) is 11.1 Å². The molecule has 1 atom stereocenters. The van der Waals surface area contributed by atoms with E-state index in [0.717, 1.165) is 18.8 Å². The minimum Gasteiger partial charge on any atom is -0.494 e. The molecule has 0 fully saturated rings. The molecule has 0 saturated heterocycles. The van der Waals surface area contributed by atoms with Crippen LogP contribution in [0, 0.1) is 6.92 Å². The van der Waals surface area contributed by atoms with Crippen molar-refractivity contribution in [3.8, 4) is 5.75 Å². The molecular weight excluding hydrogens is 208 g/mol. The first kappa shape index (κ1) is 12.4. The van der Waals surface area contributed by atoms with Crippen molar-refractivity contribution in [2.75, 3.05) is 12.5 Å². The third kappa shape index (κ3) is 3.42. The van der Waals surface area contributed by atoms with Crippen LogP contribution in [0.3, 0.4) is 0 Å². The van der Waals surface area contributed by atoms with Crippen LogP contribution in [0.4, 0.5) is 0 Å². The van der Waals surface area contributed by atoms with Gasteiger partial charge in [0.1, 0.15) is 5.75 Å². The third-order valence-electron chi connectivity index (χ3n) is 2.63. The summed E-state index contributed by atoms with van der Waals surface area (Å²) in [5.41, 5.74) is 2.66. The van der Waals surface area contributed by atoms with E-state index in [9.17, 15) is 0 Å². The van der Waals surface area contributed by atoms with Gasteiger partial charge in [-0.1, -0.05) is 13.0 Å². The summed E-state index contributed by atoms with van der Waals surface area (Å²) in [6.45, 7) is 7.06. The van der Waals surface area contributed by atoms with Crippen LogP contribution in [-0.2, 0) is 0 Å². The van der Waals surface area contributed by atoms with E-state index in [-0.39, 0.29) is 0 Å². The van der Waals surface area contributed by atoms with Gasteiger partial charge in [-0.2, -0.15) is 0 Å². The van der Waals surface area contributed by atoms with Crippen LogP contribution >= 0.6 is 11.6 Å². The topological polar surface area (TPSA) is 9.23 Å². The molecule has 15 heavy (non-hydrogen) atoms. The highest BCUT2D eigenvalue weighted by atomic mass is 35.5. The van der Waals surface area contributed by atoms with Crippen LogP contribution < -0.4 is 4.74 Å². The quantitative estimate of drug-likeness (QED) is 0.687. The maximum atomic E-state index is 5.75. The Hall–Kier alpha value is -0.690. The molecule has 0 bridgehead atoms. The molecule has 0 radical (unpaired) electrons. The van der Waals surface area contributed by atoms with Crippen molar-refractivity contribution in [3.63, 3.8) is 0 Å². The highest BCUT2D eigenvalue weighted by molar-refractivity contribution is 6.17. The van der Waals surface area contributed by atoms with Gasteiger partial charge < -0.3 is 4.74 Å². The molecule has 0 spiro atoms. The molecule has 0 aliphatic rings. The lowest BCUT2D eigenvalue weighted by atomic mass is 9.94. The van der Waals surface area contributed by atoms with Crippen molar-refractivity contribution in [3.05, 3.63) is 29.3 Å². The van der Waals surface area contributed by atoms with Gasteiger partial charge in [0, 0.05) is 5.88 Å². The minimum absolute atomic E-state index is 0.526. The molecule has 0 aliphatic carbocycles. The van der Waals surface area contributed by atoms with E-state index >= 15 is 0 Å². The third-order valence-corrected chi connectivity index (χ3v) is 2.84. The molecule has 0 heterocycles. The van der Waals surface area contributed by atoms with Crippen molar-refractivity contribution in [2.24, 2.45) is 0 Å². The molecule has 1 unspecified atom stereocenters. The van der Waals surface area contributed by atoms with Crippen molar-refractivity contribution >= 4 is 11.6 Å². The van der Waals surface area contributed by atoms with Gasteiger partial charge in [0.05, 0.1) is 6.61 Å². The first-order valence-electron chi connectivity index (χ1n) is 5.48. The van der Waals surface area contributed by atoms with Gasteiger partial charge in [-0.25, -0.2) is 0 Å². The molecule has 2 heteroatoms. The number of ether oxygens (including phenoxy) is 1. The van der Waals surface area contributed by atoms with Crippen LogP contribution in [0.25, 0.3) is 0 Å². The SMILES string of the molecule is CCOc1ccc(C(C)CCCl)c(C)c1. The number of benzene rings is 1. The highest BCUT2D eigenvalue weighted by Gasteiger charge is 2.08. The molecule has 1 aromatic carbocycles. The monoisotopic (exact) mass is 226 g/mol. The van der Waals surface area contributed by atoms with Gasteiger partial charge in [-0.15, -0.1) is 11.6 Å². The fourth-order valence-electron chi connectivity index (χ4n) is 1.78. The summed E-state index contributed by atoms with van der Waals surface area (Å²) in [5, 5.41) is 0. The van der Waals surface area contributed by atoms with Gasteiger partial charge in [0.15, 0.2) is 0 Å². The van der Waals surface area contributed by atoms with Gasteiger partial charge >= 0.3 is 0 Å². The van der Waals surface area contributed by atoms with E-state index in [4.69, 9.17) is 16.3 Å². The second-order valence-electron chi connectivity index (χ2n) is 3.83. The number of hydrogen-bond acceptors (Lipinski definition) is 1. The summed E-state index contributed by atoms with van der Waals surface area (Å²) in [4.78, 5) is 0. The Morgan fingerprint density at radius 3 is 2.67 bits per heavy atom. The van der Waals surface area contributed by atoms with E-state index in [2.05, 4.69) is 26.0 Å². The first-order chi connectivity index (χ1) is 7.19. The van der Waals surface area contributed by atoms with E-state index in [1.807, 2.05) is 13.0 Å². The van der Waals surface area contributed by atoms with Crippen LogP contribution in [0.1, 0.15) is 37.3 Å². The lowest BCUT2D eigenvalue weighted by molar-refractivity contribution is 0.340. The summed E-state index contributed by atoms with van der Waals surface area (Å²) < 4.78 is 5.46. The average molecular weight is 227 g/mol. The maximum Gasteiger partial charge on any atom is 0.119 e. The summed E-state index contributed by atoms with van der Waals surface area (Å²) in [5.74, 6) is 2.20. The Kier molecular flexibility index (Phi) is 4.97. The summed E-state index contributed by atoms with van der Waals surface area (Å²) >= 11 is 5.75. The van der Waals surface area contributed by atoms with Crippen LogP contribution in [0.15, 0.2) is 18.2 Å². The average Bonchev–Trinajstić information content (AvgIpc) is 2.18. The lowest BCUT2D eigenvalue weighted by Gasteiger charge is -2.14. The van der Waals surface area contributed by atoms with Crippen molar-refractivity contribution in [2.45, 2.75) is 33.1 Å². The first-order valence-corrected chi connectivity index (χ1v) is 6.01. The van der Waals surface area contributed by atoms with E-state index in [0.29, 0.717) is 11.8 Å². The molecule has 0 aromatic heterocycles. The van der Waals surface area contributed by atoms with Gasteiger partial charge in [-0.05, 0) is 49.4 Å². The van der Waals surface area contributed by atoms with Crippen molar-refractivity contribution < 1.29 is 4.74 Å². The van der Waals surface area contributed by atoms with Crippen LogP contribution in [-0.4, -0.2) is 12.5 Å². The zero-order valence-corrected chi connectivity index (χ0v) is 10.5. The predicted molar refractivity (Wildman–Crippen MR) is 66.1 cm³/mol. The molecule has 0 saturated carbocycles. The Bertz CT molecular complexity index is 309. The summed E-state index contributed by atoms with van der Waals surface area (Å²) in [6.07, 6.45) is 1.02. The second kappa shape index (κ2) is 6.02. The number of rotatable bonds is 5. The second-order valence-corrected chi connectivity index (χ2v) is 4.21. The molecule has 0 amide bonds. The molecule has 0 aliphatic heterocycles. The zero-order chi connectivity index (χ0) is 11.3. The molecule has 1 aromatic rings. The fraction of sp³-hybridized carbons (Fsp3) is 0.538. The Balaban J connectivity index is 2.82. The fourth-order valence-corrected chi connectivity index (χ4v) is 2.10. The van der Waals surface area contributed by atoms with Crippen molar-refractivity contribution in [1.29, 1.82) is 0 Å². The number of hydrogen-bond donors (Lipinski definition) is 0. The standard InChI is InChI=1S/C13H19ClO/c1-4-15-12-5-6-13(11(3)9-12)10(2)7-8-14/h5-6,9-10H,4,7-8H2,1-3H3. The largest absolute Gasteiger partial charge is 0.494 e. The Labute approximate surface area is 97.4 Å². The minimum atomic E-state index is 0.526. The van der Waals surface area contributed by atoms with E-state index in [1.54, 1.807) is 0 Å². The van der Waals surface area contributed by atoms with Gasteiger partial charge in [-0.3, -0.25) is 0 Å². The molecule has 0 N–H and O–H groups in total. The summed E-state index contributed by atoms with van der Waals surface area (Å²) in [6, 6.07) is 6.29. The molecule has 84 valence electrons. The zero-order valence-electron chi connectivity index (χ0n) is 9.72. The number of alkyl halides is 1. The Morgan fingerprint density at radius 1 is 1.40 bits per heavy atom. The Morgan fingerprint density at radius 2 is 2.13 bits per heavy atom. The molecule has 1 rings (SSSR count). The molecular formula is C13H19ClO. The predicted octanol–water partition coefficient (Wildman–Crippen LogP) is 4.13. The van der Waals surface area contributed by atoms with Gasteiger partial charge in [0.2, 0.25) is 0 Å². The molecule has 1 nitrogen and oxygen atoms in total. The smallest absolute Gasteiger partial charge is 0.119 e. The lowest BCUT2D eigenvalue weighted by Crippen LogP contribution is -1.99.